The van der Waals surface area contributed by atoms with Gasteiger partial charge in [0.15, 0.2) is 11.6 Å². The first kappa shape index (κ1) is 13.8. The summed E-state index contributed by atoms with van der Waals surface area (Å²) in [6, 6.07) is 5.57. The molecule has 1 aliphatic rings. The van der Waals surface area contributed by atoms with Crippen LogP contribution in [0.5, 0.6) is 5.75 Å². The van der Waals surface area contributed by atoms with E-state index in [4.69, 9.17) is 15.2 Å². The topological polar surface area (TPSA) is 88.1 Å². The van der Waals surface area contributed by atoms with E-state index in [1.165, 1.54) is 0 Å². The Labute approximate surface area is 123 Å². The number of tetrazole rings is 1. The van der Waals surface area contributed by atoms with E-state index in [0.29, 0.717) is 23.9 Å². The maximum atomic E-state index is 5.97. The number of benzene rings is 1. The fourth-order valence-electron chi connectivity index (χ4n) is 2.76. The standard InChI is InChI=1S/C14H19N5O2/c1-14(7-4-8-21-9-14)19-13(16-17-18-19)10-5-3-6-11(15)12(10)20-2/h3,5-6H,4,7-9,15H2,1-2H3. The number of aromatic nitrogens is 4. The Hall–Kier alpha value is -2.15. The number of hydrogen-bond acceptors (Lipinski definition) is 6. The van der Waals surface area contributed by atoms with Crippen LogP contribution in [0.25, 0.3) is 11.4 Å². The highest BCUT2D eigenvalue weighted by molar-refractivity contribution is 5.73. The van der Waals surface area contributed by atoms with Crippen LogP contribution in [0.4, 0.5) is 5.69 Å². The molecule has 1 unspecified atom stereocenters. The zero-order valence-electron chi connectivity index (χ0n) is 12.2. The fourth-order valence-corrected chi connectivity index (χ4v) is 2.76. The maximum absolute atomic E-state index is 5.97. The van der Waals surface area contributed by atoms with Crippen LogP contribution in [0.2, 0.25) is 0 Å². The van der Waals surface area contributed by atoms with Crippen molar-refractivity contribution in [3.05, 3.63) is 18.2 Å². The molecular formula is C14H19N5O2. The molecule has 2 aromatic rings. The van der Waals surface area contributed by atoms with Crippen LogP contribution in [0.15, 0.2) is 18.2 Å². The molecule has 1 aromatic carbocycles. The normalized spacial score (nSPS) is 22.2. The van der Waals surface area contributed by atoms with Crippen molar-refractivity contribution in [3.63, 3.8) is 0 Å². The third-order valence-electron chi connectivity index (χ3n) is 3.89. The lowest BCUT2D eigenvalue weighted by Gasteiger charge is -2.33. The SMILES string of the molecule is COc1c(N)cccc1-c1nnnn1C1(C)CCCOC1. The number of anilines is 1. The third-order valence-corrected chi connectivity index (χ3v) is 3.89. The lowest BCUT2D eigenvalue weighted by atomic mass is 9.94. The minimum absolute atomic E-state index is 0.257. The molecule has 1 fully saturated rings. The van der Waals surface area contributed by atoms with Gasteiger partial charge in [-0.1, -0.05) is 6.07 Å². The van der Waals surface area contributed by atoms with Crippen LogP contribution < -0.4 is 10.5 Å². The highest BCUT2D eigenvalue weighted by atomic mass is 16.5. The highest BCUT2D eigenvalue weighted by Crippen LogP contribution is 2.36. The second kappa shape index (κ2) is 5.33. The van der Waals surface area contributed by atoms with Crippen molar-refractivity contribution in [1.82, 2.24) is 20.2 Å². The van der Waals surface area contributed by atoms with E-state index >= 15 is 0 Å². The highest BCUT2D eigenvalue weighted by Gasteiger charge is 2.34. The van der Waals surface area contributed by atoms with Crippen molar-refractivity contribution in [2.24, 2.45) is 0 Å². The second-order valence-corrected chi connectivity index (χ2v) is 5.50. The molecule has 3 rings (SSSR count). The Balaban J connectivity index is 2.09. The number of hydrogen-bond donors (Lipinski definition) is 1. The molecule has 2 N–H and O–H groups in total. The summed E-state index contributed by atoms with van der Waals surface area (Å²) in [6.45, 7) is 3.48. The molecule has 7 heteroatoms. The van der Waals surface area contributed by atoms with Gasteiger partial charge < -0.3 is 15.2 Å². The molecule has 1 saturated heterocycles. The van der Waals surface area contributed by atoms with Gasteiger partial charge >= 0.3 is 0 Å². The molecule has 0 spiro atoms. The Bertz CT molecular complexity index is 634. The summed E-state index contributed by atoms with van der Waals surface area (Å²) in [5, 5.41) is 12.2. The quantitative estimate of drug-likeness (QED) is 0.861. The molecule has 112 valence electrons. The lowest BCUT2D eigenvalue weighted by molar-refractivity contribution is 0.00346. The summed E-state index contributed by atoms with van der Waals surface area (Å²) < 4.78 is 12.8. The van der Waals surface area contributed by atoms with Gasteiger partial charge in [0.1, 0.15) is 0 Å². The minimum atomic E-state index is -0.257. The predicted molar refractivity (Wildman–Crippen MR) is 77.9 cm³/mol. The first-order valence-electron chi connectivity index (χ1n) is 6.95. The van der Waals surface area contributed by atoms with E-state index in [-0.39, 0.29) is 5.54 Å². The Morgan fingerprint density at radius 1 is 1.43 bits per heavy atom. The van der Waals surface area contributed by atoms with Gasteiger partial charge in [-0.25, -0.2) is 4.68 Å². The van der Waals surface area contributed by atoms with E-state index in [0.717, 1.165) is 25.0 Å². The van der Waals surface area contributed by atoms with E-state index < -0.39 is 0 Å². The summed E-state index contributed by atoms with van der Waals surface area (Å²) in [6.07, 6.45) is 1.96. The zero-order valence-corrected chi connectivity index (χ0v) is 12.2. The first-order valence-corrected chi connectivity index (χ1v) is 6.95. The average Bonchev–Trinajstić information content (AvgIpc) is 2.98. The van der Waals surface area contributed by atoms with E-state index in [1.807, 2.05) is 16.8 Å². The zero-order chi connectivity index (χ0) is 14.9. The summed E-state index contributed by atoms with van der Waals surface area (Å²) in [5.41, 5.74) is 7.07. The Kier molecular flexibility index (Phi) is 3.50. The first-order chi connectivity index (χ1) is 10.2. The molecule has 0 bridgehead atoms. The minimum Gasteiger partial charge on any atom is -0.494 e. The molecule has 1 aliphatic heterocycles. The summed E-state index contributed by atoms with van der Waals surface area (Å²) in [4.78, 5) is 0. The molecule has 0 saturated carbocycles. The fraction of sp³-hybridized carbons (Fsp3) is 0.500. The van der Waals surface area contributed by atoms with Gasteiger partial charge in [0, 0.05) is 6.61 Å². The maximum Gasteiger partial charge on any atom is 0.186 e. The van der Waals surface area contributed by atoms with Crippen LogP contribution in [0.3, 0.4) is 0 Å². The van der Waals surface area contributed by atoms with E-state index in [9.17, 15) is 0 Å². The predicted octanol–water partition coefficient (Wildman–Crippen LogP) is 1.46. The molecule has 0 aliphatic carbocycles. The summed E-state index contributed by atoms with van der Waals surface area (Å²) >= 11 is 0. The van der Waals surface area contributed by atoms with Crippen molar-refractivity contribution in [3.8, 4) is 17.1 Å². The largest absolute Gasteiger partial charge is 0.494 e. The smallest absolute Gasteiger partial charge is 0.186 e. The molecular weight excluding hydrogens is 270 g/mol. The van der Waals surface area contributed by atoms with Crippen molar-refractivity contribution in [2.45, 2.75) is 25.3 Å². The van der Waals surface area contributed by atoms with Gasteiger partial charge in [0.05, 0.1) is 30.5 Å². The monoisotopic (exact) mass is 289 g/mol. The van der Waals surface area contributed by atoms with Gasteiger partial charge in [-0.2, -0.15) is 0 Å². The lowest BCUT2D eigenvalue weighted by Crippen LogP contribution is -2.40. The molecule has 1 aromatic heterocycles. The third kappa shape index (κ3) is 2.33. The molecule has 21 heavy (non-hydrogen) atoms. The van der Waals surface area contributed by atoms with Gasteiger partial charge in [0.2, 0.25) is 0 Å². The van der Waals surface area contributed by atoms with Crippen molar-refractivity contribution in [1.29, 1.82) is 0 Å². The number of ether oxygens (including phenoxy) is 2. The van der Waals surface area contributed by atoms with Crippen molar-refractivity contribution >= 4 is 5.69 Å². The van der Waals surface area contributed by atoms with Crippen molar-refractivity contribution < 1.29 is 9.47 Å². The van der Waals surface area contributed by atoms with E-state index in [2.05, 4.69) is 22.4 Å². The number of nitrogen functional groups attached to an aromatic ring is 1. The average molecular weight is 289 g/mol. The number of nitrogens with two attached hydrogens (primary N) is 1. The van der Waals surface area contributed by atoms with Gasteiger partial charge in [0.25, 0.3) is 0 Å². The molecule has 1 atom stereocenters. The molecule has 0 radical (unpaired) electrons. The van der Waals surface area contributed by atoms with Crippen molar-refractivity contribution in [2.75, 3.05) is 26.1 Å². The van der Waals surface area contributed by atoms with Crippen LogP contribution in [-0.2, 0) is 10.3 Å². The van der Waals surface area contributed by atoms with Crippen LogP contribution in [-0.4, -0.2) is 40.5 Å². The van der Waals surface area contributed by atoms with Gasteiger partial charge in [-0.15, -0.1) is 5.10 Å². The molecule has 2 heterocycles. The summed E-state index contributed by atoms with van der Waals surface area (Å²) in [5.74, 6) is 1.24. The van der Waals surface area contributed by atoms with Crippen LogP contribution in [0, 0.1) is 0 Å². The Morgan fingerprint density at radius 3 is 3.00 bits per heavy atom. The molecule has 0 amide bonds. The number of para-hydroxylation sites is 1. The molecule has 7 nitrogen and oxygen atoms in total. The summed E-state index contributed by atoms with van der Waals surface area (Å²) in [7, 11) is 1.59. The number of rotatable bonds is 3. The van der Waals surface area contributed by atoms with E-state index in [1.54, 1.807) is 13.2 Å². The van der Waals surface area contributed by atoms with Gasteiger partial charge in [-0.3, -0.25) is 0 Å². The second-order valence-electron chi connectivity index (χ2n) is 5.50. The number of methoxy groups -OCH3 is 1. The van der Waals surface area contributed by atoms with Crippen LogP contribution >= 0.6 is 0 Å². The van der Waals surface area contributed by atoms with Crippen LogP contribution in [0.1, 0.15) is 19.8 Å². The Morgan fingerprint density at radius 2 is 2.29 bits per heavy atom. The number of nitrogens with zero attached hydrogens (tertiary/aromatic N) is 4. The van der Waals surface area contributed by atoms with Gasteiger partial charge in [-0.05, 0) is 42.3 Å².